The maximum Gasteiger partial charge on any atom is 0.0746 e. The molecule has 1 unspecified atom stereocenters. The van der Waals surface area contributed by atoms with Gasteiger partial charge in [0.05, 0.1) is 6.10 Å². The SMILES string of the molecule is C=CC(O)[C@H]1CC[C@H](CCCCC)CC1. The Hall–Kier alpha value is -0.300. The van der Waals surface area contributed by atoms with Gasteiger partial charge in [-0.3, -0.25) is 0 Å². The van der Waals surface area contributed by atoms with Gasteiger partial charge in [-0.1, -0.05) is 51.5 Å². The van der Waals surface area contributed by atoms with Gasteiger partial charge in [-0.25, -0.2) is 0 Å². The maximum atomic E-state index is 9.67. The summed E-state index contributed by atoms with van der Waals surface area (Å²) < 4.78 is 0. The van der Waals surface area contributed by atoms with E-state index in [1.807, 2.05) is 0 Å². The van der Waals surface area contributed by atoms with E-state index in [-0.39, 0.29) is 6.10 Å². The molecule has 0 amide bonds. The molecule has 0 aromatic heterocycles. The van der Waals surface area contributed by atoms with Crippen molar-refractivity contribution in [3.05, 3.63) is 12.7 Å². The summed E-state index contributed by atoms with van der Waals surface area (Å²) in [4.78, 5) is 0. The molecule has 1 fully saturated rings. The van der Waals surface area contributed by atoms with E-state index in [4.69, 9.17) is 0 Å². The highest BCUT2D eigenvalue weighted by atomic mass is 16.3. The Morgan fingerprint density at radius 2 is 1.93 bits per heavy atom. The summed E-state index contributed by atoms with van der Waals surface area (Å²) in [6.45, 7) is 5.93. The molecule has 1 aliphatic carbocycles. The highest BCUT2D eigenvalue weighted by Crippen LogP contribution is 2.33. The number of rotatable bonds is 6. The molecule has 0 heterocycles. The van der Waals surface area contributed by atoms with Crippen molar-refractivity contribution < 1.29 is 5.11 Å². The summed E-state index contributed by atoms with van der Waals surface area (Å²) >= 11 is 0. The molecular formula is C14H26O. The first-order valence-corrected chi connectivity index (χ1v) is 6.58. The molecule has 1 nitrogen and oxygen atoms in total. The topological polar surface area (TPSA) is 20.2 Å². The summed E-state index contributed by atoms with van der Waals surface area (Å²) in [7, 11) is 0. The van der Waals surface area contributed by atoms with E-state index in [9.17, 15) is 5.11 Å². The third kappa shape index (κ3) is 4.38. The Morgan fingerprint density at radius 1 is 1.27 bits per heavy atom. The van der Waals surface area contributed by atoms with Gasteiger partial charge in [0.2, 0.25) is 0 Å². The molecule has 1 heteroatoms. The van der Waals surface area contributed by atoms with Crippen LogP contribution in [0.5, 0.6) is 0 Å². The monoisotopic (exact) mass is 210 g/mol. The minimum atomic E-state index is -0.262. The van der Waals surface area contributed by atoms with Gasteiger partial charge in [-0.05, 0) is 24.7 Å². The van der Waals surface area contributed by atoms with Crippen LogP contribution in [-0.2, 0) is 0 Å². The van der Waals surface area contributed by atoms with E-state index < -0.39 is 0 Å². The fourth-order valence-corrected chi connectivity index (χ4v) is 2.69. The highest BCUT2D eigenvalue weighted by molar-refractivity contribution is 4.87. The van der Waals surface area contributed by atoms with Gasteiger partial charge < -0.3 is 5.11 Å². The first-order valence-electron chi connectivity index (χ1n) is 6.58. The van der Waals surface area contributed by atoms with Crippen LogP contribution < -0.4 is 0 Å². The predicted octanol–water partition coefficient (Wildman–Crippen LogP) is 3.92. The summed E-state index contributed by atoms with van der Waals surface area (Å²) in [5.74, 6) is 1.43. The minimum Gasteiger partial charge on any atom is -0.389 e. The van der Waals surface area contributed by atoms with E-state index >= 15 is 0 Å². The van der Waals surface area contributed by atoms with Gasteiger partial charge in [0.15, 0.2) is 0 Å². The van der Waals surface area contributed by atoms with E-state index in [0.29, 0.717) is 5.92 Å². The minimum absolute atomic E-state index is 0.262. The lowest BCUT2D eigenvalue weighted by molar-refractivity contribution is 0.108. The maximum absolute atomic E-state index is 9.67. The average molecular weight is 210 g/mol. The highest BCUT2D eigenvalue weighted by Gasteiger charge is 2.24. The van der Waals surface area contributed by atoms with Crippen LogP contribution in [0.2, 0.25) is 0 Å². The van der Waals surface area contributed by atoms with Gasteiger partial charge in [-0.2, -0.15) is 0 Å². The molecule has 0 aromatic rings. The quantitative estimate of drug-likeness (QED) is 0.520. The summed E-state index contributed by atoms with van der Waals surface area (Å²) in [6.07, 6.45) is 12.0. The number of unbranched alkanes of at least 4 members (excludes halogenated alkanes) is 2. The normalized spacial score (nSPS) is 28.7. The molecule has 0 bridgehead atoms. The molecule has 1 N–H and O–H groups in total. The van der Waals surface area contributed by atoms with Gasteiger partial charge in [0, 0.05) is 0 Å². The van der Waals surface area contributed by atoms with Crippen molar-refractivity contribution in [2.24, 2.45) is 11.8 Å². The Morgan fingerprint density at radius 3 is 2.47 bits per heavy atom. The zero-order valence-corrected chi connectivity index (χ0v) is 10.1. The Balaban J connectivity index is 2.15. The molecule has 1 rings (SSSR count). The lowest BCUT2D eigenvalue weighted by atomic mass is 9.77. The van der Waals surface area contributed by atoms with Crippen LogP contribution in [0.4, 0.5) is 0 Å². The third-order valence-electron chi connectivity index (χ3n) is 3.83. The molecular weight excluding hydrogens is 184 g/mol. The number of aliphatic hydroxyl groups is 1. The van der Waals surface area contributed by atoms with Gasteiger partial charge in [-0.15, -0.1) is 6.58 Å². The van der Waals surface area contributed by atoms with Crippen LogP contribution in [0.25, 0.3) is 0 Å². The molecule has 15 heavy (non-hydrogen) atoms. The van der Waals surface area contributed by atoms with Gasteiger partial charge in [0.1, 0.15) is 0 Å². The first-order chi connectivity index (χ1) is 7.27. The fraction of sp³-hybridized carbons (Fsp3) is 0.857. The van der Waals surface area contributed by atoms with Crippen LogP contribution in [0.1, 0.15) is 58.3 Å². The molecule has 0 aliphatic heterocycles. The zero-order valence-electron chi connectivity index (χ0n) is 10.1. The fourth-order valence-electron chi connectivity index (χ4n) is 2.69. The molecule has 0 spiro atoms. The third-order valence-corrected chi connectivity index (χ3v) is 3.83. The van der Waals surface area contributed by atoms with Crippen molar-refractivity contribution in [3.8, 4) is 0 Å². The smallest absolute Gasteiger partial charge is 0.0746 e. The van der Waals surface area contributed by atoms with E-state index in [2.05, 4.69) is 13.5 Å². The van der Waals surface area contributed by atoms with Crippen molar-refractivity contribution in [1.29, 1.82) is 0 Å². The molecule has 88 valence electrons. The largest absolute Gasteiger partial charge is 0.389 e. The van der Waals surface area contributed by atoms with Crippen molar-refractivity contribution in [2.75, 3.05) is 0 Å². The van der Waals surface area contributed by atoms with Crippen LogP contribution >= 0.6 is 0 Å². The summed E-state index contributed by atoms with van der Waals surface area (Å²) in [6, 6.07) is 0. The predicted molar refractivity (Wildman–Crippen MR) is 65.8 cm³/mol. The Kier molecular flexibility index (Phi) is 6.00. The average Bonchev–Trinajstić information content (AvgIpc) is 2.29. The number of aliphatic hydroxyl groups excluding tert-OH is 1. The van der Waals surface area contributed by atoms with Gasteiger partial charge in [0.25, 0.3) is 0 Å². The first kappa shape index (κ1) is 12.8. The Bertz CT molecular complexity index is 168. The summed E-state index contributed by atoms with van der Waals surface area (Å²) in [5.41, 5.74) is 0. The van der Waals surface area contributed by atoms with E-state index in [1.165, 1.54) is 51.4 Å². The molecule has 1 saturated carbocycles. The number of hydrogen-bond acceptors (Lipinski definition) is 1. The van der Waals surface area contributed by atoms with Crippen LogP contribution in [-0.4, -0.2) is 11.2 Å². The van der Waals surface area contributed by atoms with Crippen molar-refractivity contribution in [3.63, 3.8) is 0 Å². The second kappa shape index (κ2) is 7.05. The van der Waals surface area contributed by atoms with Crippen molar-refractivity contribution in [2.45, 2.75) is 64.4 Å². The molecule has 0 saturated heterocycles. The van der Waals surface area contributed by atoms with Crippen LogP contribution in [0.15, 0.2) is 12.7 Å². The second-order valence-corrected chi connectivity index (χ2v) is 5.00. The molecule has 1 atom stereocenters. The lowest BCUT2D eigenvalue weighted by Crippen LogP contribution is -2.24. The zero-order chi connectivity index (χ0) is 11.1. The van der Waals surface area contributed by atoms with E-state index in [1.54, 1.807) is 6.08 Å². The van der Waals surface area contributed by atoms with E-state index in [0.717, 1.165) is 5.92 Å². The summed E-state index contributed by atoms with van der Waals surface area (Å²) in [5, 5.41) is 9.67. The molecule has 0 aromatic carbocycles. The lowest BCUT2D eigenvalue weighted by Gasteiger charge is -2.30. The Labute approximate surface area is 94.6 Å². The molecule has 1 aliphatic rings. The second-order valence-electron chi connectivity index (χ2n) is 5.00. The number of hydrogen-bond donors (Lipinski definition) is 1. The van der Waals surface area contributed by atoms with Crippen molar-refractivity contribution in [1.82, 2.24) is 0 Å². The molecule has 0 radical (unpaired) electrons. The van der Waals surface area contributed by atoms with Crippen LogP contribution in [0.3, 0.4) is 0 Å². The van der Waals surface area contributed by atoms with Crippen molar-refractivity contribution >= 4 is 0 Å². The standard InChI is InChI=1S/C14H26O/c1-3-5-6-7-12-8-10-13(11-9-12)14(15)4-2/h4,12-15H,2-3,5-11H2,1H3/t12-,13-,14?. The van der Waals surface area contributed by atoms with Crippen LogP contribution in [0, 0.1) is 11.8 Å². The van der Waals surface area contributed by atoms with Gasteiger partial charge >= 0.3 is 0 Å².